The van der Waals surface area contributed by atoms with Crippen LogP contribution in [0.15, 0.2) is 36.5 Å². The van der Waals surface area contributed by atoms with Crippen LogP contribution < -0.4 is 5.32 Å². The van der Waals surface area contributed by atoms with Gasteiger partial charge in [-0.1, -0.05) is 6.07 Å². The zero-order valence-corrected chi connectivity index (χ0v) is 15.8. The number of aromatic nitrogens is 1. The Balaban J connectivity index is 1.31. The highest BCUT2D eigenvalue weighted by molar-refractivity contribution is 5.91. The Hall–Kier alpha value is -2.21. The van der Waals surface area contributed by atoms with Gasteiger partial charge in [-0.05, 0) is 44.0 Å². The maximum Gasteiger partial charge on any atom is 0.237 e. The van der Waals surface area contributed by atoms with Crippen LogP contribution in [0.25, 0.3) is 10.9 Å². The second-order valence-electron chi connectivity index (χ2n) is 7.80. The van der Waals surface area contributed by atoms with E-state index in [4.69, 9.17) is 0 Å². The lowest BCUT2D eigenvalue weighted by atomic mass is 10.0. The molecule has 2 aromatic rings. The van der Waals surface area contributed by atoms with E-state index < -0.39 is 6.17 Å². The first kappa shape index (κ1) is 18.2. The summed E-state index contributed by atoms with van der Waals surface area (Å²) in [5.41, 5.74) is 2.12. The molecule has 5 nitrogen and oxygen atoms in total. The van der Waals surface area contributed by atoms with Crippen LogP contribution in [0.4, 0.5) is 10.1 Å². The van der Waals surface area contributed by atoms with Gasteiger partial charge in [0, 0.05) is 48.9 Å². The van der Waals surface area contributed by atoms with Crippen molar-refractivity contribution in [3.05, 3.63) is 36.5 Å². The summed E-state index contributed by atoms with van der Waals surface area (Å²) in [6, 6.07) is 10.6. The highest BCUT2D eigenvalue weighted by atomic mass is 19.1. The van der Waals surface area contributed by atoms with Crippen LogP contribution in [0.5, 0.6) is 0 Å². The van der Waals surface area contributed by atoms with Crippen LogP contribution in [0.3, 0.4) is 0 Å². The predicted octanol–water partition coefficient (Wildman–Crippen LogP) is 3.07. The molecular formula is C21H27FN4O. The molecule has 2 fully saturated rings. The van der Waals surface area contributed by atoms with Gasteiger partial charge in [0.05, 0.1) is 18.6 Å². The first-order chi connectivity index (χ1) is 13.1. The van der Waals surface area contributed by atoms with Crippen molar-refractivity contribution < 1.29 is 9.18 Å². The number of pyridine rings is 1. The standard InChI is InChI=1S/C21H27FN4O/c1-15-12-16(22)13-26(15)21(27)14-25-10-7-17(8-11-25)24-20-6-2-5-19-18(20)4-3-9-23-19/h2-6,9,15-17,24H,7-8,10-14H2,1H3/t15-,16+/m1/s1. The van der Waals surface area contributed by atoms with Gasteiger partial charge in [-0.2, -0.15) is 0 Å². The van der Waals surface area contributed by atoms with Crippen molar-refractivity contribution in [2.75, 3.05) is 31.5 Å². The first-order valence-corrected chi connectivity index (χ1v) is 9.86. The molecule has 1 N–H and O–H groups in total. The van der Waals surface area contributed by atoms with Crippen LogP contribution in [0.1, 0.15) is 26.2 Å². The summed E-state index contributed by atoms with van der Waals surface area (Å²) in [4.78, 5) is 20.8. The van der Waals surface area contributed by atoms with E-state index in [0.717, 1.165) is 42.5 Å². The van der Waals surface area contributed by atoms with Crippen molar-refractivity contribution in [1.29, 1.82) is 0 Å². The molecule has 1 amide bonds. The van der Waals surface area contributed by atoms with Crippen molar-refractivity contribution >= 4 is 22.5 Å². The Labute approximate surface area is 159 Å². The summed E-state index contributed by atoms with van der Waals surface area (Å²) in [6.07, 6.45) is 3.40. The van der Waals surface area contributed by atoms with Gasteiger partial charge in [-0.3, -0.25) is 14.7 Å². The summed E-state index contributed by atoms with van der Waals surface area (Å²) in [6.45, 7) is 4.36. The van der Waals surface area contributed by atoms with Gasteiger partial charge in [0.25, 0.3) is 0 Å². The Morgan fingerprint density at radius 3 is 2.81 bits per heavy atom. The molecule has 1 aromatic heterocycles. The molecule has 0 radical (unpaired) electrons. The van der Waals surface area contributed by atoms with Gasteiger partial charge < -0.3 is 10.2 Å². The largest absolute Gasteiger partial charge is 0.382 e. The number of piperidine rings is 1. The molecule has 3 heterocycles. The van der Waals surface area contributed by atoms with E-state index in [1.165, 1.54) is 0 Å². The van der Waals surface area contributed by atoms with Gasteiger partial charge in [0.15, 0.2) is 0 Å². The van der Waals surface area contributed by atoms with Gasteiger partial charge in [0.2, 0.25) is 5.91 Å². The summed E-state index contributed by atoms with van der Waals surface area (Å²) in [7, 11) is 0. The number of nitrogens with one attached hydrogen (secondary N) is 1. The van der Waals surface area contributed by atoms with Gasteiger partial charge in [-0.25, -0.2) is 4.39 Å². The molecule has 4 rings (SSSR count). The summed E-state index contributed by atoms with van der Waals surface area (Å²) >= 11 is 0. The number of benzene rings is 1. The molecule has 27 heavy (non-hydrogen) atoms. The Morgan fingerprint density at radius 2 is 2.07 bits per heavy atom. The number of anilines is 1. The van der Waals surface area contributed by atoms with E-state index in [1.54, 1.807) is 4.90 Å². The smallest absolute Gasteiger partial charge is 0.237 e. The molecule has 0 aliphatic carbocycles. The SMILES string of the molecule is C[C@@H]1C[C@H](F)CN1C(=O)CN1CCC(Nc2cccc3ncccc23)CC1. The number of halogens is 1. The molecule has 2 saturated heterocycles. The van der Waals surface area contributed by atoms with E-state index in [9.17, 15) is 9.18 Å². The minimum atomic E-state index is -0.867. The van der Waals surface area contributed by atoms with E-state index in [1.807, 2.05) is 31.3 Å². The number of carbonyl (C=O) groups is 1. The highest BCUT2D eigenvalue weighted by Gasteiger charge is 2.33. The first-order valence-electron chi connectivity index (χ1n) is 9.86. The molecule has 0 saturated carbocycles. The predicted molar refractivity (Wildman–Crippen MR) is 106 cm³/mol. The van der Waals surface area contributed by atoms with E-state index in [0.29, 0.717) is 19.0 Å². The minimum Gasteiger partial charge on any atom is -0.382 e. The summed E-state index contributed by atoms with van der Waals surface area (Å²) in [5, 5.41) is 4.79. The number of carbonyl (C=O) groups excluding carboxylic acids is 1. The monoisotopic (exact) mass is 370 g/mol. The third kappa shape index (κ3) is 4.05. The van der Waals surface area contributed by atoms with Crippen LogP contribution >= 0.6 is 0 Å². The molecule has 0 spiro atoms. The second kappa shape index (κ2) is 7.80. The third-order valence-corrected chi connectivity index (χ3v) is 5.80. The quantitative estimate of drug-likeness (QED) is 0.899. The number of nitrogens with zero attached hydrogens (tertiary/aromatic N) is 3. The van der Waals surface area contributed by atoms with Crippen molar-refractivity contribution in [2.45, 2.75) is 44.4 Å². The summed E-state index contributed by atoms with van der Waals surface area (Å²) in [5.74, 6) is 0.0641. The Morgan fingerprint density at radius 1 is 1.26 bits per heavy atom. The van der Waals surface area contributed by atoms with Gasteiger partial charge in [-0.15, -0.1) is 0 Å². The number of alkyl halides is 1. The maximum absolute atomic E-state index is 13.5. The molecule has 2 aliphatic heterocycles. The van der Waals surface area contributed by atoms with Gasteiger partial charge >= 0.3 is 0 Å². The summed E-state index contributed by atoms with van der Waals surface area (Å²) < 4.78 is 13.5. The minimum absolute atomic E-state index is 0.0201. The number of likely N-dealkylation sites (tertiary alicyclic amines) is 2. The number of amides is 1. The zero-order chi connectivity index (χ0) is 18.8. The van der Waals surface area contributed by atoms with Crippen LogP contribution in [-0.2, 0) is 4.79 Å². The van der Waals surface area contributed by atoms with Crippen molar-refractivity contribution in [2.24, 2.45) is 0 Å². The van der Waals surface area contributed by atoms with E-state index in [2.05, 4.69) is 27.3 Å². The molecular weight excluding hydrogens is 343 g/mol. The fraction of sp³-hybridized carbons (Fsp3) is 0.524. The van der Waals surface area contributed by atoms with E-state index >= 15 is 0 Å². The van der Waals surface area contributed by atoms with Crippen LogP contribution in [0.2, 0.25) is 0 Å². The molecule has 2 aliphatic rings. The number of fused-ring (bicyclic) bond motifs is 1. The molecule has 0 bridgehead atoms. The molecule has 1 aromatic carbocycles. The van der Waals surface area contributed by atoms with Crippen LogP contribution in [-0.4, -0.2) is 65.1 Å². The lowest BCUT2D eigenvalue weighted by Gasteiger charge is -2.34. The molecule has 144 valence electrons. The number of hydrogen-bond donors (Lipinski definition) is 1. The van der Waals surface area contributed by atoms with Crippen molar-refractivity contribution in [1.82, 2.24) is 14.8 Å². The van der Waals surface area contributed by atoms with E-state index in [-0.39, 0.29) is 18.5 Å². The fourth-order valence-corrected chi connectivity index (χ4v) is 4.28. The fourth-order valence-electron chi connectivity index (χ4n) is 4.28. The average molecular weight is 370 g/mol. The Kier molecular flexibility index (Phi) is 5.25. The Bertz CT molecular complexity index is 800. The zero-order valence-electron chi connectivity index (χ0n) is 15.8. The molecule has 6 heteroatoms. The maximum atomic E-state index is 13.5. The lowest BCUT2D eigenvalue weighted by Crippen LogP contribution is -2.46. The third-order valence-electron chi connectivity index (χ3n) is 5.80. The normalized spacial score (nSPS) is 24.4. The van der Waals surface area contributed by atoms with Crippen molar-refractivity contribution in [3.8, 4) is 0 Å². The molecule has 0 unspecified atom stereocenters. The number of hydrogen-bond acceptors (Lipinski definition) is 4. The van der Waals surface area contributed by atoms with Gasteiger partial charge in [0.1, 0.15) is 6.17 Å². The topological polar surface area (TPSA) is 48.5 Å². The average Bonchev–Trinajstić information content (AvgIpc) is 3.02. The molecule has 2 atom stereocenters. The van der Waals surface area contributed by atoms with Crippen molar-refractivity contribution in [3.63, 3.8) is 0 Å². The van der Waals surface area contributed by atoms with Crippen LogP contribution in [0, 0.1) is 0 Å². The second-order valence-corrected chi connectivity index (χ2v) is 7.80. The highest BCUT2D eigenvalue weighted by Crippen LogP contribution is 2.25. The lowest BCUT2D eigenvalue weighted by molar-refractivity contribution is -0.133. The number of rotatable bonds is 4.